The number of nitrogens with zero attached hydrogens (tertiary/aromatic N) is 1. The van der Waals surface area contributed by atoms with Gasteiger partial charge in [-0.2, -0.15) is 5.26 Å². The third kappa shape index (κ3) is 4.42. The summed E-state index contributed by atoms with van der Waals surface area (Å²) < 4.78 is 15.6. The normalized spacial score (nSPS) is 10.3. The third-order valence-electron chi connectivity index (χ3n) is 3.76. The molecule has 0 aliphatic rings. The molecule has 0 aliphatic carbocycles. The van der Waals surface area contributed by atoms with Crippen LogP contribution in [0.5, 0.6) is 5.75 Å². The van der Waals surface area contributed by atoms with Gasteiger partial charge < -0.3 is 19.2 Å². The Morgan fingerprint density at radius 1 is 1.21 bits per heavy atom. The summed E-state index contributed by atoms with van der Waals surface area (Å²) in [6.45, 7) is 0.934. The van der Waals surface area contributed by atoms with Crippen molar-refractivity contribution in [3.8, 4) is 11.8 Å². The van der Waals surface area contributed by atoms with Gasteiger partial charge in [0.2, 0.25) is 5.76 Å². The number of aryl methyl sites for hydroxylation is 1. The number of amides is 1. The zero-order valence-corrected chi connectivity index (χ0v) is 15.6. The lowest BCUT2D eigenvalue weighted by Crippen LogP contribution is -2.23. The first-order valence-electron chi connectivity index (χ1n) is 8.24. The summed E-state index contributed by atoms with van der Waals surface area (Å²) in [4.78, 5) is 23.9. The standard InChI is InChI=1S/C20H15ClN2O5/c1-12-6-7-14(21)16(8-12)26-11-19(25)27-10-18(24)23-20-13-4-2-3-5-15(13)28-17(20)9-22/h2-8H,10-11H2,1H3,(H,23,24). The second kappa shape index (κ2) is 8.46. The molecule has 0 spiro atoms. The molecule has 0 unspecified atom stereocenters. The molecule has 2 aromatic carbocycles. The summed E-state index contributed by atoms with van der Waals surface area (Å²) in [5, 5.41) is 12.6. The Balaban J connectivity index is 1.55. The molecular weight excluding hydrogens is 384 g/mol. The molecule has 0 radical (unpaired) electrons. The fourth-order valence-corrected chi connectivity index (χ4v) is 2.64. The molecule has 142 valence electrons. The first kappa shape index (κ1) is 19.3. The Labute approximate surface area is 165 Å². The van der Waals surface area contributed by atoms with Crippen molar-refractivity contribution in [1.82, 2.24) is 0 Å². The zero-order valence-electron chi connectivity index (χ0n) is 14.8. The summed E-state index contributed by atoms with van der Waals surface area (Å²) in [6, 6.07) is 13.9. The molecule has 3 aromatic rings. The van der Waals surface area contributed by atoms with Crippen LogP contribution in [-0.4, -0.2) is 25.1 Å². The Bertz CT molecular complexity index is 1080. The molecule has 28 heavy (non-hydrogen) atoms. The molecule has 1 aromatic heterocycles. The fraction of sp³-hybridized carbons (Fsp3) is 0.150. The molecule has 1 heterocycles. The van der Waals surface area contributed by atoms with Gasteiger partial charge in [-0.1, -0.05) is 29.8 Å². The molecule has 0 saturated heterocycles. The molecule has 7 nitrogen and oxygen atoms in total. The van der Waals surface area contributed by atoms with Crippen LogP contribution in [0, 0.1) is 18.3 Å². The lowest BCUT2D eigenvalue weighted by molar-refractivity contribution is -0.149. The Kier molecular flexibility index (Phi) is 5.82. The number of nitrogens with one attached hydrogen (secondary N) is 1. The van der Waals surface area contributed by atoms with E-state index in [1.54, 1.807) is 36.4 Å². The number of hydrogen-bond donors (Lipinski definition) is 1. The molecule has 0 fully saturated rings. The molecule has 1 N–H and O–H groups in total. The third-order valence-corrected chi connectivity index (χ3v) is 4.07. The second-order valence-corrected chi connectivity index (χ2v) is 6.25. The van der Waals surface area contributed by atoms with Crippen LogP contribution >= 0.6 is 11.6 Å². The van der Waals surface area contributed by atoms with Crippen LogP contribution in [0.3, 0.4) is 0 Å². The summed E-state index contributed by atoms with van der Waals surface area (Å²) in [7, 11) is 0. The predicted molar refractivity (Wildman–Crippen MR) is 102 cm³/mol. The zero-order chi connectivity index (χ0) is 20.1. The maximum absolute atomic E-state index is 12.1. The van der Waals surface area contributed by atoms with Crippen molar-refractivity contribution in [2.75, 3.05) is 18.5 Å². The number of halogens is 1. The van der Waals surface area contributed by atoms with E-state index in [1.165, 1.54) is 0 Å². The number of esters is 1. The van der Waals surface area contributed by atoms with E-state index in [9.17, 15) is 9.59 Å². The van der Waals surface area contributed by atoms with Gasteiger partial charge in [-0.05, 0) is 36.8 Å². The molecule has 1 amide bonds. The molecule has 0 saturated carbocycles. The monoisotopic (exact) mass is 398 g/mol. The SMILES string of the molecule is Cc1ccc(Cl)c(OCC(=O)OCC(=O)Nc2c(C#N)oc3ccccc23)c1. The van der Waals surface area contributed by atoms with E-state index in [2.05, 4.69) is 5.32 Å². The smallest absolute Gasteiger partial charge is 0.344 e. The van der Waals surface area contributed by atoms with Crippen molar-refractivity contribution in [3.05, 3.63) is 58.8 Å². The summed E-state index contributed by atoms with van der Waals surface area (Å²) in [6.07, 6.45) is 0. The van der Waals surface area contributed by atoms with Gasteiger partial charge >= 0.3 is 5.97 Å². The molecule has 3 rings (SSSR count). The van der Waals surface area contributed by atoms with Crippen molar-refractivity contribution >= 4 is 40.1 Å². The second-order valence-electron chi connectivity index (χ2n) is 5.85. The Morgan fingerprint density at radius 2 is 2.00 bits per heavy atom. The van der Waals surface area contributed by atoms with Crippen molar-refractivity contribution in [2.24, 2.45) is 0 Å². The number of para-hydroxylation sites is 1. The number of fused-ring (bicyclic) bond motifs is 1. The maximum Gasteiger partial charge on any atom is 0.344 e. The van der Waals surface area contributed by atoms with Gasteiger partial charge in [-0.15, -0.1) is 0 Å². The summed E-state index contributed by atoms with van der Waals surface area (Å²) in [5.41, 5.74) is 1.63. The van der Waals surface area contributed by atoms with Crippen molar-refractivity contribution in [1.29, 1.82) is 5.26 Å². The van der Waals surface area contributed by atoms with Crippen molar-refractivity contribution in [2.45, 2.75) is 6.92 Å². The van der Waals surface area contributed by atoms with Crippen LogP contribution in [0.1, 0.15) is 11.3 Å². The number of nitriles is 1. The molecule has 8 heteroatoms. The Hall–Kier alpha value is -3.50. The van der Waals surface area contributed by atoms with Gasteiger partial charge in [-0.3, -0.25) is 4.79 Å². The first-order valence-corrected chi connectivity index (χ1v) is 8.62. The molecule has 0 bridgehead atoms. The average Bonchev–Trinajstić information content (AvgIpc) is 3.04. The number of hydrogen-bond acceptors (Lipinski definition) is 6. The largest absolute Gasteiger partial charge is 0.480 e. The van der Waals surface area contributed by atoms with E-state index in [1.807, 2.05) is 19.1 Å². The Morgan fingerprint density at radius 3 is 2.79 bits per heavy atom. The number of ether oxygens (including phenoxy) is 2. The molecule has 0 aliphatic heterocycles. The minimum Gasteiger partial charge on any atom is -0.480 e. The van der Waals surface area contributed by atoms with Crippen LogP contribution in [0.2, 0.25) is 5.02 Å². The highest BCUT2D eigenvalue weighted by molar-refractivity contribution is 6.32. The van der Waals surface area contributed by atoms with Crippen LogP contribution in [0.4, 0.5) is 5.69 Å². The van der Waals surface area contributed by atoms with Gasteiger partial charge in [0.05, 0.1) is 5.02 Å². The van der Waals surface area contributed by atoms with Crippen LogP contribution in [0.15, 0.2) is 46.9 Å². The van der Waals surface area contributed by atoms with Gasteiger partial charge in [0.1, 0.15) is 23.1 Å². The van der Waals surface area contributed by atoms with Crippen LogP contribution in [0.25, 0.3) is 11.0 Å². The van der Waals surface area contributed by atoms with Crippen molar-refractivity contribution in [3.63, 3.8) is 0 Å². The van der Waals surface area contributed by atoms with Gasteiger partial charge in [0.15, 0.2) is 13.2 Å². The van der Waals surface area contributed by atoms with Gasteiger partial charge in [-0.25, -0.2) is 4.79 Å². The topological polar surface area (TPSA) is 102 Å². The minimum atomic E-state index is -0.731. The van der Waals surface area contributed by atoms with E-state index >= 15 is 0 Å². The van der Waals surface area contributed by atoms with Gasteiger partial charge in [0.25, 0.3) is 5.91 Å². The van der Waals surface area contributed by atoms with E-state index in [0.29, 0.717) is 21.7 Å². The van der Waals surface area contributed by atoms with E-state index in [0.717, 1.165) is 5.56 Å². The summed E-state index contributed by atoms with van der Waals surface area (Å²) >= 11 is 5.99. The highest BCUT2D eigenvalue weighted by Gasteiger charge is 2.17. The van der Waals surface area contributed by atoms with Crippen molar-refractivity contribution < 1.29 is 23.5 Å². The van der Waals surface area contributed by atoms with Crippen LogP contribution < -0.4 is 10.1 Å². The quantitative estimate of drug-likeness (QED) is 0.633. The number of anilines is 1. The predicted octanol–water partition coefficient (Wildman–Crippen LogP) is 3.83. The molecular formula is C20H15ClN2O5. The van der Waals surface area contributed by atoms with E-state index in [4.69, 9.17) is 30.8 Å². The lowest BCUT2D eigenvalue weighted by Gasteiger charge is -2.09. The van der Waals surface area contributed by atoms with E-state index < -0.39 is 25.1 Å². The highest BCUT2D eigenvalue weighted by Crippen LogP contribution is 2.30. The fourth-order valence-electron chi connectivity index (χ4n) is 2.47. The lowest BCUT2D eigenvalue weighted by atomic mass is 10.2. The minimum absolute atomic E-state index is 0.0294. The number of benzene rings is 2. The number of carbonyl (C=O) groups excluding carboxylic acids is 2. The summed E-state index contributed by atoms with van der Waals surface area (Å²) in [5.74, 6) is -1.01. The number of furan rings is 1. The maximum atomic E-state index is 12.1. The first-order chi connectivity index (χ1) is 13.5. The highest BCUT2D eigenvalue weighted by atomic mass is 35.5. The van der Waals surface area contributed by atoms with E-state index in [-0.39, 0.29) is 11.4 Å². The number of rotatable bonds is 6. The number of carbonyl (C=O) groups is 2. The average molecular weight is 399 g/mol. The molecule has 0 atom stereocenters. The van der Waals surface area contributed by atoms with Crippen LogP contribution in [-0.2, 0) is 14.3 Å². The van der Waals surface area contributed by atoms with Gasteiger partial charge in [0, 0.05) is 5.39 Å².